The molecule has 0 atom stereocenters. The number of esters is 1. The third-order valence-electron chi connectivity index (χ3n) is 5.87. The highest BCUT2D eigenvalue weighted by Crippen LogP contribution is 2.32. The number of benzene rings is 4. The molecule has 8 nitrogen and oxygen atoms in total. The van der Waals surface area contributed by atoms with Crippen molar-refractivity contribution in [2.24, 2.45) is 0 Å². The SMILES string of the molecule is O=C(OC(c1ccccc1)c1ccccc1)c1ccc2c(c1)C(=O)N(c1ccc([N+](=O)[O-])cc1)C2=O. The number of imide groups is 1. The Kier molecular flexibility index (Phi) is 5.83. The topological polar surface area (TPSA) is 107 Å². The van der Waals surface area contributed by atoms with Gasteiger partial charge < -0.3 is 4.74 Å². The average Bonchev–Trinajstić information content (AvgIpc) is 3.17. The van der Waals surface area contributed by atoms with E-state index >= 15 is 0 Å². The molecule has 0 unspecified atom stereocenters. The number of hydrogen-bond donors (Lipinski definition) is 0. The number of nitro benzene ring substituents is 1. The van der Waals surface area contributed by atoms with Crippen LogP contribution < -0.4 is 4.90 Å². The molecule has 4 aromatic rings. The Labute approximate surface area is 205 Å². The van der Waals surface area contributed by atoms with Gasteiger partial charge in [0.1, 0.15) is 0 Å². The van der Waals surface area contributed by atoms with E-state index in [1.54, 1.807) is 0 Å². The number of ether oxygens (including phenoxy) is 1. The number of hydrogen-bond acceptors (Lipinski definition) is 6. The molecular formula is C28H18N2O6. The van der Waals surface area contributed by atoms with Crippen LogP contribution in [0.15, 0.2) is 103 Å². The summed E-state index contributed by atoms with van der Waals surface area (Å²) >= 11 is 0. The third-order valence-corrected chi connectivity index (χ3v) is 5.87. The van der Waals surface area contributed by atoms with Crippen LogP contribution in [0, 0.1) is 10.1 Å². The van der Waals surface area contributed by atoms with Crippen molar-refractivity contribution < 1.29 is 24.0 Å². The zero-order valence-corrected chi connectivity index (χ0v) is 18.7. The fraction of sp³-hybridized carbons (Fsp3) is 0.0357. The van der Waals surface area contributed by atoms with Crippen molar-refractivity contribution in [1.82, 2.24) is 0 Å². The minimum Gasteiger partial charge on any atom is -0.449 e. The molecule has 0 spiro atoms. The van der Waals surface area contributed by atoms with Crippen molar-refractivity contribution in [3.05, 3.63) is 141 Å². The Morgan fingerprint density at radius 1 is 0.750 bits per heavy atom. The molecule has 2 amide bonds. The summed E-state index contributed by atoms with van der Waals surface area (Å²) in [4.78, 5) is 50.4. The quantitative estimate of drug-likeness (QED) is 0.160. The van der Waals surface area contributed by atoms with Crippen LogP contribution in [0.1, 0.15) is 48.3 Å². The summed E-state index contributed by atoms with van der Waals surface area (Å²) in [5.74, 6) is -1.85. The molecule has 4 aromatic carbocycles. The van der Waals surface area contributed by atoms with Crippen molar-refractivity contribution in [3.8, 4) is 0 Å². The van der Waals surface area contributed by atoms with Crippen LogP contribution in [0.2, 0.25) is 0 Å². The summed E-state index contributed by atoms with van der Waals surface area (Å²) in [5, 5.41) is 10.9. The molecule has 8 heteroatoms. The third kappa shape index (κ3) is 4.12. The van der Waals surface area contributed by atoms with Crippen LogP contribution in [0.25, 0.3) is 0 Å². The van der Waals surface area contributed by atoms with E-state index < -0.39 is 28.8 Å². The smallest absolute Gasteiger partial charge is 0.339 e. The van der Waals surface area contributed by atoms with Gasteiger partial charge in [-0.25, -0.2) is 9.69 Å². The van der Waals surface area contributed by atoms with Gasteiger partial charge in [-0.05, 0) is 41.5 Å². The molecule has 1 heterocycles. The van der Waals surface area contributed by atoms with Crippen LogP contribution in [-0.4, -0.2) is 22.7 Å². The maximum absolute atomic E-state index is 13.1. The Balaban J connectivity index is 1.43. The minimum atomic E-state index is -0.665. The summed E-state index contributed by atoms with van der Waals surface area (Å²) in [6.45, 7) is 0. The van der Waals surface area contributed by atoms with Crippen LogP contribution in [0.4, 0.5) is 11.4 Å². The first kappa shape index (κ1) is 22.7. The fourth-order valence-electron chi connectivity index (χ4n) is 4.08. The largest absolute Gasteiger partial charge is 0.449 e. The lowest BCUT2D eigenvalue weighted by Gasteiger charge is -2.19. The second-order valence-electron chi connectivity index (χ2n) is 8.09. The molecule has 0 aromatic heterocycles. The normalized spacial score (nSPS) is 12.5. The van der Waals surface area contributed by atoms with Crippen molar-refractivity contribution in [2.45, 2.75) is 6.10 Å². The van der Waals surface area contributed by atoms with E-state index in [-0.39, 0.29) is 28.1 Å². The molecule has 0 saturated carbocycles. The zero-order valence-electron chi connectivity index (χ0n) is 18.7. The van der Waals surface area contributed by atoms with E-state index in [2.05, 4.69) is 0 Å². The number of carbonyl (C=O) groups excluding carboxylic acids is 3. The van der Waals surface area contributed by atoms with Gasteiger partial charge in [0, 0.05) is 12.1 Å². The second-order valence-corrected chi connectivity index (χ2v) is 8.09. The van der Waals surface area contributed by atoms with Crippen molar-refractivity contribution >= 4 is 29.2 Å². The first-order valence-electron chi connectivity index (χ1n) is 11.0. The predicted octanol–water partition coefficient (Wildman–Crippen LogP) is 5.34. The molecular weight excluding hydrogens is 460 g/mol. The first-order valence-corrected chi connectivity index (χ1v) is 11.0. The van der Waals surface area contributed by atoms with Crippen LogP contribution in [0.3, 0.4) is 0 Å². The Hall–Kier alpha value is -5.11. The summed E-state index contributed by atoms with van der Waals surface area (Å²) in [7, 11) is 0. The molecule has 5 rings (SSSR count). The Morgan fingerprint density at radius 3 is 1.86 bits per heavy atom. The van der Waals surface area contributed by atoms with Gasteiger partial charge in [0.05, 0.1) is 27.3 Å². The molecule has 1 aliphatic heterocycles. The number of amides is 2. The summed E-state index contributed by atoms with van der Waals surface area (Å²) in [5.41, 5.74) is 1.93. The van der Waals surface area contributed by atoms with Gasteiger partial charge in [0.15, 0.2) is 6.10 Å². The average molecular weight is 478 g/mol. The van der Waals surface area contributed by atoms with Crippen LogP contribution in [0.5, 0.6) is 0 Å². The van der Waals surface area contributed by atoms with E-state index in [9.17, 15) is 24.5 Å². The lowest BCUT2D eigenvalue weighted by atomic mass is 10.0. The monoisotopic (exact) mass is 478 g/mol. The highest BCUT2D eigenvalue weighted by Gasteiger charge is 2.37. The predicted molar refractivity (Wildman–Crippen MR) is 131 cm³/mol. The number of nitro groups is 1. The number of carbonyl (C=O) groups is 3. The Bertz CT molecular complexity index is 1440. The van der Waals surface area contributed by atoms with Crippen molar-refractivity contribution in [3.63, 3.8) is 0 Å². The van der Waals surface area contributed by atoms with E-state index in [1.165, 1.54) is 42.5 Å². The summed E-state index contributed by atoms with van der Waals surface area (Å²) in [6, 6.07) is 27.9. The van der Waals surface area contributed by atoms with E-state index in [0.29, 0.717) is 0 Å². The second kappa shape index (κ2) is 9.27. The number of non-ortho nitro benzene ring substituents is 1. The maximum atomic E-state index is 13.1. The van der Waals surface area contributed by atoms with Crippen molar-refractivity contribution in [1.29, 1.82) is 0 Å². The fourth-order valence-corrected chi connectivity index (χ4v) is 4.08. The minimum absolute atomic E-state index is 0.0591. The zero-order chi connectivity index (χ0) is 25.2. The molecule has 0 bridgehead atoms. The van der Waals surface area contributed by atoms with Gasteiger partial charge in [0.2, 0.25) is 0 Å². The van der Waals surface area contributed by atoms with E-state index in [0.717, 1.165) is 16.0 Å². The maximum Gasteiger partial charge on any atom is 0.339 e. The highest BCUT2D eigenvalue weighted by atomic mass is 16.6. The lowest BCUT2D eigenvalue weighted by Crippen LogP contribution is -2.29. The van der Waals surface area contributed by atoms with Gasteiger partial charge in [0.25, 0.3) is 17.5 Å². The number of nitrogens with zero attached hydrogens (tertiary/aromatic N) is 2. The molecule has 176 valence electrons. The molecule has 0 fully saturated rings. The lowest BCUT2D eigenvalue weighted by molar-refractivity contribution is -0.384. The molecule has 0 radical (unpaired) electrons. The van der Waals surface area contributed by atoms with Crippen LogP contribution in [-0.2, 0) is 4.74 Å². The number of anilines is 1. The van der Waals surface area contributed by atoms with Crippen LogP contribution >= 0.6 is 0 Å². The van der Waals surface area contributed by atoms with Gasteiger partial charge in [-0.2, -0.15) is 0 Å². The van der Waals surface area contributed by atoms with E-state index in [1.807, 2.05) is 60.7 Å². The molecule has 0 N–H and O–H groups in total. The molecule has 0 aliphatic carbocycles. The molecule has 0 saturated heterocycles. The molecule has 36 heavy (non-hydrogen) atoms. The summed E-state index contributed by atoms with van der Waals surface area (Å²) in [6.07, 6.45) is -0.665. The summed E-state index contributed by atoms with van der Waals surface area (Å²) < 4.78 is 5.86. The number of fused-ring (bicyclic) bond motifs is 1. The van der Waals surface area contributed by atoms with E-state index in [4.69, 9.17) is 4.74 Å². The van der Waals surface area contributed by atoms with Gasteiger partial charge in [-0.15, -0.1) is 0 Å². The standard InChI is InChI=1S/C28H18N2O6/c31-26-23-16-11-20(17-24(23)27(32)29(26)21-12-14-22(15-13-21)30(34)35)28(33)36-25(18-7-3-1-4-8-18)19-9-5-2-6-10-19/h1-17,25H. The first-order chi connectivity index (χ1) is 17.4. The molecule has 1 aliphatic rings. The van der Waals surface area contributed by atoms with Crippen molar-refractivity contribution in [2.75, 3.05) is 4.90 Å². The van der Waals surface area contributed by atoms with Gasteiger partial charge in [-0.3, -0.25) is 19.7 Å². The van der Waals surface area contributed by atoms with Gasteiger partial charge in [-0.1, -0.05) is 60.7 Å². The Morgan fingerprint density at radius 2 is 1.31 bits per heavy atom. The van der Waals surface area contributed by atoms with Gasteiger partial charge >= 0.3 is 5.97 Å². The highest BCUT2D eigenvalue weighted by molar-refractivity contribution is 6.34. The number of rotatable bonds is 6.